The Kier molecular flexibility index (Phi) is 5.33. The molecule has 0 spiro atoms. The van der Waals surface area contributed by atoms with Gasteiger partial charge in [0.25, 0.3) is 5.69 Å². The van der Waals surface area contributed by atoms with E-state index in [1.165, 1.54) is 13.0 Å². The molecule has 0 unspecified atom stereocenters. The number of nitro benzene ring substituents is 1. The van der Waals surface area contributed by atoms with Crippen molar-refractivity contribution in [1.82, 2.24) is 0 Å². The van der Waals surface area contributed by atoms with Crippen molar-refractivity contribution in [3.8, 4) is 0 Å². The molecule has 0 fully saturated rings. The number of ether oxygens (including phenoxy) is 1. The smallest absolute Gasteiger partial charge is 0.375 e. The SMILES string of the molecule is CCOC(=O)C(=O)CC(=O)c1cc(Cl)cc([N+](=O)[O-])c1. The van der Waals surface area contributed by atoms with Crippen molar-refractivity contribution in [1.29, 1.82) is 0 Å². The Labute approximate surface area is 118 Å². The first-order valence-corrected chi connectivity index (χ1v) is 5.91. The lowest BCUT2D eigenvalue weighted by Crippen LogP contribution is -2.20. The summed E-state index contributed by atoms with van der Waals surface area (Å²) < 4.78 is 4.45. The minimum Gasteiger partial charge on any atom is -0.460 e. The van der Waals surface area contributed by atoms with Gasteiger partial charge in [0, 0.05) is 22.7 Å². The van der Waals surface area contributed by atoms with Gasteiger partial charge >= 0.3 is 5.97 Å². The van der Waals surface area contributed by atoms with Crippen LogP contribution in [-0.4, -0.2) is 29.1 Å². The lowest BCUT2D eigenvalue weighted by atomic mass is 10.1. The third-order valence-electron chi connectivity index (χ3n) is 2.24. The number of nitrogens with zero attached hydrogens (tertiary/aromatic N) is 1. The number of ketones is 2. The van der Waals surface area contributed by atoms with E-state index >= 15 is 0 Å². The molecular weight excluding hydrogens is 290 g/mol. The van der Waals surface area contributed by atoms with Gasteiger partial charge in [0.1, 0.15) is 0 Å². The van der Waals surface area contributed by atoms with Crippen LogP contribution >= 0.6 is 11.6 Å². The summed E-state index contributed by atoms with van der Waals surface area (Å²) in [5, 5.41) is 10.6. The zero-order valence-corrected chi connectivity index (χ0v) is 11.2. The van der Waals surface area contributed by atoms with Crippen LogP contribution in [0.2, 0.25) is 5.02 Å². The van der Waals surface area contributed by atoms with Crippen molar-refractivity contribution in [2.24, 2.45) is 0 Å². The Morgan fingerprint density at radius 3 is 2.50 bits per heavy atom. The third kappa shape index (κ3) is 4.13. The predicted molar refractivity (Wildman–Crippen MR) is 68.7 cm³/mol. The summed E-state index contributed by atoms with van der Waals surface area (Å²) >= 11 is 5.65. The second-order valence-corrected chi connectivity index (χ2v) is 4.14. The van der Waals surface area contributed by atoms with E-state index in [4.69, 9.17) is 11.6 Å². The van der Waals surface area contributed by atoms with Crippen LogP contribution < -0.4 is 0 Å². The molecule has 0 heterocycles. The minimum absolute atomic E-state index is 0.00821. The van der Waals surface area contributed by atoms with Crippen LogP contribution in [0.15, 0.2) is 18.2 Å². The van der Waals surface area contributed by atoms with E-state index in [9.17, 15) is 24.5 Å². The van der Waals surface area contributed by atoms with Gasteiger partial charge in [-0.1, -0.05) is 11.6 Å². The zero-order valence-electron chi connectivity index (χ0n) is 10.4. The maximum absolute atomic E-state index is 11.8. The lowest BCUT2D eigenvalue weighted by Gasteiger charge is -2.02. The Morgan fingerprint density at radius 1 is 1.30 bits per heavy atom. The first-order chi connectivity index (χ1) is 9.35. The van der Waals surface area contributed by atoms with Crippen molar-refractivity contribution in [2.75, 3.05) is 6.61 Å². The van der Waals surface area contributed by atoms with Gasteiger partial charge in [-0.05, 0) is 13.0 Å². The summed E-state index contributed by atoms with van der Waals surface area (Å²) in [5.74, 6) is -2.87. The molecule has 0 radical (unpaired) electrons. The van der Waals surface area contributed by atoms with Crippen LogP contribution in [0, 0.1) is 10.1 Å². The van der Waals surface area contributed by atoms with Crippen molar-refractivity contribution in [2.45, 2.75) is 13.3 Å². The Morgan fingerprint density at radius 2 is 1.95 bits per heavy atom. The number of rotatable bonds is 6. The number of hydrogen-bond acceptors (Lipinski definition) is 6. The summed E-state index contributed by atoms with van der Waals surface area (Å²) in [6.07, 6.45) is -0.726. The fraction of sp³-hybridized carbons (Fsp3) is 0.250. The monoisotopic (exact) mass is 299 g/mol. The van der Waals surface area contributed by atoms with Crippen LogP contribution in [0.3, 0.4) is 0 Å². The van der Waals surface area contributed by atoms with E-state index in [1.54, 1.807) is 0 Å². The highest BCUT2D eigenvalue weighted by atomic mass is 35.5. The first kappa shape index (κ1) is 15.8. The average Bonchev–Trinajstić information content (AvgIpc) is 2.37. The van der Waals surface area contributed by atoms with Crippen molar-refractivity contribution in [3.05, 3.63) is 38.9 Å². The fourth-order valence-electron chi connectivity index (χ4n) is 1.37. The van der Waals surface area contributed by atoms with E-state index in [1.807, 2.05) is 0 Å². The van der Waals surface area contributed by atoms with Gasteiger partial charge in [-0.15, -0.1) is 0 Å². The number of halogens is 1. The lowest BCUT2D eigenvalue weighted by molar-refractivity contribution is -0.384. The van der Waals surface area contributed by atoms with E-state index < -0.39 is 28.9 Å². The average molecular weight is 300 g/mol. The number of Topliss-reactive ketones (excluding diaryl/α,β-unsaturated/α-hetero) is 2. The summed E-state index contributed by atoms with van der Waals surface area (Å²) in [4.78, 5) is 44.2. The highest BCUT2D eigenvalue weighted by Crippen LogP contribution is 2.21. The molecule has 106 valence electrons. The number of carbonyl (C=O) groups excluding carboxylic acids is 3. The van der Waals surface area contributed by atoms with Gasteiger partial charge in [0.2, 0.25) is 5.78 Å². The van der Waals surface area contributed by atoms with E-state index in [2.05, 4.69) is 4.74 Å². The number of carbonyl (C=O) groups is 3. The summed E-state index contributed by atoms with van der Waals surface area (Å²) in [6, 6.07) is 3.26. The topological polar surface area (TPSA) is 104 Å². The standard InChI is InChI=1S/C12H10ClNO6/c1-2-20-12(17)11(16)6-10(15)7-3-8(13)5-9(4-7)14(18)19/h3-5H,2,6H2,1H3. The maximum Gasteiger partial charge on any atom is 0.375 e. The van der Waals surface area contributed by atoms with Crippen LogP contribution in [0.1, 0.15) is 23.7 Å². The molecule has 1 aromatic carbocycles. The van der Waals surface area contributed by atoms with Crippen LogP contribution in [0.4, 0.5) is 5.69 Å². The van der Waals surface area contributed by atoms with E-state index in [0.29, 0.717) is 0 Å². The molecule has 0 aliphatic carbocycles. The van der Waals surface area contributed by atoms with Gasteiger partial charge < -0.3 is 4.74 Å². The van der Waals surface area contributed by atoms with Crippen LogP contribution in [0.25, 0.3) is 0 Å². The molecule has 0 aromatic heterocycles. The second kappa shape index (κ2) is 6.76. The minimum atomic E-state index is -1.11. The summed E-state index contributed by atoms with van der Waals surface area (Å²) in [5.41, 5.74) is -0.480. The molecular formula is C12H10ClNO6. The second-order valence-electron chi connectivity index (χ2n) is 3.70. The van der Waals surface area contributed by atoms with E-state index in [0.717, 1.165) is 12.1 Å². The number of esters is 1. The molecule has 8 heteroatoms. The Bertz CT molecular complexity index is 583. The van der Waals surface area contributed by atoms with Crippen molar-refractivity contribution in [3.63, 3.8) is 0 Å². The van der Waals surface area contributed by atoms with E-state index in [-0.39, 0.29) is 22.9 Å². The molecule has 0 amide bonds. The molecule has 0 saturated heterocycles. The summed E-state index contributed by atoms with van der Waals surface area (Å²) in [7, 11) is 0. The van der Waals surface area contributed by atoms with Crippen LogP contribution in [0.5, 0.6) is 0 Å². The molecule has 20 heavy (non-hydrogen) atoms. The molecule has 0 aliphatic heterocycles. The molecule has 0 N–H and O–H groups in total. The molecule has 0 saturated carbocycles. The number of hydrogen-bond donors (Lipinski definition) is 0. The summed E-state index contributed by atoms with van der Waals surface area (Å²) in [6.45, 7) is 1.54. The Hall–Kier alpha value is -2.28. The quantitative estimate of drug-likeness (QED) is 0.199. The van der Waals surface area contributed by atoms with Gasteiger partial charge in [-0.25, -0.2) is 4.79 Å². The van der Waals surface area contributed by atoms with Crippen molar-refractivity contribution < 1.29 is 24.0 Å². The number of nitro groups is 1. The molecule has 1 aromatic rings. The normalized spacial score (nSPS) is 9.90. The first-order valence-electron chi connectivity index (χ1n) is 5.53. The molecule has 0 aliphatic rings. The van der Waals surface area contributed by atoms with Crippen molar-refractivity contribution >= 4 is 34.8 Å². The zero-order chi connectivity index (χ0) is 15.3. The maximum atomic E-state index is 11.8. The molecule has 7 nitrogen and oxygen atoms in total. The van der Waals surface area contributed by atoms with Gasteiger partial charge in [0.15, 0.2) is 5.78 Å². The highest BCUT2D eigenvalue weighted by molar-refractivity contribution is 6.38. The van der Waals surface area contributed by atoms with Gasteiger partial charge in [-0.2, -0.15) is 0 Å². The number of non-ortho nitro benzene ring substituents is 1. The van der Waals surface area contributed by atoms with Crippen LogP contribution in [-0.2, 0) is 14.3 Å². The molecule has 1 rings (SSSR count). The Balaban J connectivity index is 2.90. The predicted octanol–water partition coefficient (Wildman–Crippen LogP) is 1.95. The third-order valence-corrected chi connectivity index (χ3v) is 2.46. The largest absolute Gasteiger partial charge is 0.460 e. The van der Waals surface area contributed by atoms with Gasteiger partial charge in [0.05, 0.1) is 18.0 Å². The highest BCUT2D eigenvalue weighted by Gasteiger charge is 2.21. The van der Waals surface area contributed by atoms with Gasteiger partial charge in [-0.3, -0.25) is 19.7 Å². The molecule has 0 bridgehead atoms. The number of benzene rings is 1. The fourth-order valence-corrected chi connectivity index (χ4v) is 1.60. The molecule has 0 atom stereocenters.